The van der Waals surface area contributed by atoms with Crippen LogP contribution < -0.4 is 10.2 Å². The first kappa shape index (κ1) is 7.93. The molecule has 11 heavy (non-hydrogen) atoms. The molecule has 2 heteroatoms. The third-order valence-electron chi connectivity index (χ3n) is 1.47. The molecule has 1 rings (SSSR count). The van der Waals surface area contributed by atoms with Gasteiger partial charge in [-0.05, 0) is 6.07 Å². The normalized spacial score (nSPS) is 9.18. The monoisotopic (exact) mass is 144 g/mol. The Labute approximate surface area is 68.1 Å². The average molecular weight is 144 g/mol. The molecular weight excluding hydrogens is 135 g/mol. The summed E-state index contributed by atoms with van der Waals surface area (Å²) in [5.74, 6) is 0.800. The van der Waals surface area contributed by atoms with Gasteiger partial charge in [-0.25, -0.2) is 0 Å². The first-order valence-electron chi connectivity index (χ1n) is 3.34. The summed E-state index contributed by atoms with van der Waals surface area (Å²) in [4.78, 5) is 0. The van der Waals surface area contributed by atoms with Gasteiger partial charge in [0.25, 0.3) is 0 Å². The zero-order chi connectivity index (χ0) is 8.27. The number of hydrogen-bond acceptors (Lipinski definition) is 1. The molecule has 0 saturated carbocycles. The summed E-state index contributed by atoms with van der Waals surface area (Å²) in [5.41, 5.74) is 1.65. The molecule has 0 aromatic heterocycles. The van der Waals surface area contributed by atoms with Gasteiger partial charge in [-0.15, -0.1) is 0 Å². The molecule has 2 radical (unpaired) electrons. The minimum atomic E-state index is 0.723. The summed E-state index contributed by atoms with van der Waals surface area (Å²) < 4.78 is 5.06. The van der Waals surface area contributed by atoms with E-state index in [4.69, 9.17) is 12.6 Å². The predicted molar refractivity (Wildman–Crippen MR) is 48.5 cm³/mol. The third kappa shape index (κ3) is 1.64. The lowest BCUT2D eigenvalue weighted by Crippen LogP contribution is -2.02. The Morgan fingerprint density at radius 3 is 2.82 bits per heavy atom. The van der Waals surface area contributed by atoms with Gasteiger partial charge in [0.1, 0.15) is 13.6 Å². The fraction of sp³-hybridized carbons (Fsp3) is 0.111. The maximum absolute atomic E-state index is 5.55. The standard InChI is InChI=1S/C9H9BO/c1-3-7-6-8(10)4-5-9(7)11-2/h3-6H,1H2,2H3. The molecule has 0 heterocycles. The molecule has 0 bridgehead atoms. The van der Waals surface area contributed by atoms with Gasteiger partial charge in [0, 0.05) is 5.56 Å². The Kier molecular flexibility index (Phi) is 2.37. The number of benzene rings is 1. The molecule has 0 aliphatic carbocycles. The Morgan fingerprint density at radius 2 is 2.27 bits per heavy atom. The number of hydrogen-bond donors (Lipinski definition) is 0. The summed E-state index contributed by atoms with van der Waals surface area (Å²) >= 11 is 0. The van der Waals surface area contributed by atoms with E-state index in [9.17, 15) is 0 Å². The molecule has 0 spiro atoms. The van der Waals surface area contributed by atoms with Crippen molar-refractivity contribution in [2.75, 3.05) is 7.11 Å². The van der Waals surface area contributed by atoms with Crippen LogP contribution in [-0.2, 0) is 0 Å². The number of methoxy groups -OCH3 is 1. The zero-order valence-electron chi connectivity index (χ0n) is 6.50. The Bertz CT molecular complexity index is 268. The predicted octanol–water partition coefficient (Wildman–Crippen LogP) is 1.13. The molecule has 1 aromatic rings. The summed E-state index contributed by atoms with van der Waals surface area (Å²) in [7, 11) is 7.18. The van der Waals surface area contributed by atoms with Crippen LogP contribution in [0.15, 0.2) is 24.8 Å². The Morgan fingerprint density at radius 1 is 1.55 bits per heavy atom. The van der Waals surface area contributed by atoms with Gasteiger partial charge in [-0.1, -0.05) is 30.3 Å². The van der Waals surface area contributed by atoms with Gasteiger partial charge in [-0.3, -0.25) is 0 Å². The topological polar surface area (TPSA) is 9.23 Å². The van der Waals surface area contributed by atoms with Crippen molar-refractivity contribution in [2.24, 2.45) is 0 Å². The summed E-state index contributed by atoms with van der Waals surface area (Å²) in [6.45, 7) is 3.65. The molecular formula is C9H9BO. The fourth-order valence-electron chi connectivity index (χ4n) is 0.912. The van der Waals surface area contributed by atoms with Crippen LogP contribution in [0.5, 0.6) is 5.75 Å². The molecule has 0 amide bonds. The molecule has 54 valence electrons. The van der Waals surface area contributed by atoms with Crippen molar-refractivity contribution in [3.8, 4) is 5.75 Å². The van der Waals surface area contributed by atoms with E-state index in [1.54, 1.807) is 19.3 Å². The van der Waals surface area contributed by atoms with Crippen LogP contribution in [0, 0.1) is 0 Å². The Hall–Kier alpha value is -1.18. The summed E-state index contributed by atoms with van der Waals surface area (Å²) in [6, 6.07) is 5.45. The van der Waals surface area contributed by atoms with Crippen molar-refractivity contribution in [1.82, 2.24) is 0 Å². The SMILES string of the molecule is [B]c1ccc(OC)c(C=C)c1. The van der Waals surface area contributed by atoms with E-state index in [-0.39, 0.29) is 0 Å². The zero-order valence-corrected chi connectivity index (χ0v) is 6.50. The van der Waals surface area contributed by atoms with Crippen molar-refractivity contribution >= 4 is 19.4 Å². The van der Waals surface area contributed by atoms with Gasteiger partial charge >= 0.3 is 0 Å². The van der Waals surface area contributed by atoms with E-state index in [2.05, 4.69) is 6.58 Å². The second kappa shape index (κ2) is 3.29. The van der Waals surface area contributed by atoms with E-state index in [0.717, 1.165) is 16.8 Å². The van der Waals surface area contributed by atoms with Crippen molar-refractivity contribution in [3.63, 3.8) is 0 Å². The van der Waals surface area contributed by atoms with Crippen LogP contribution in [0.3, 0.4) is 0 Å². The smallest absolute Gasteiger partial charge is 0.126 e. The Balaban J connectivity index is 3.16. The van der Waals surface area contributed by atoms with Gasteiger partial charge in [0.05, 0.1) is 7.11 Å². The maximum atomic E-state index is 5.55. The minimum Gasteiger partial charge on any atom is -0.496 e. The first-order chi connectivity index (χ1) is 5.27. The number of ether oxygens (including phenoxy) is 1. The highest BCUT2D eigenvalue weighted by atomic mass is 16.5. The van der Waals surface area contributed by atoms with Gasteiger partial charge in [0.2, 0.25) is 0 Å². The molecule has 0 N–H and O–H groups in total. The highest BCUT2D eigenvalue weighted by molar-refractivity contribution is 6.32. The van der Waals surface area contributed by atoms with E-state index in [1.165, 1.54) is 0 Å². The highest BCUT2D eigenvalue weighted by Gasteiger charge is 1.96. The second-order valence-corrected chi connectivity index (χ2v) is 2.21. The van der Waals surface area contributed by atoms with Crippen LogP contribution in [0.4, 0.5) is 0 Å². The fourth-order valence-corrected chi connectivity index (χ4v) is 0.912. The summed E-state index contributed by atoms with van der Waals surface area (Å²) in [5, 5.41) is 0. The molecule has 1 aromatic carbocycles. The van der Waals surface area contributed by atoms with Crippen molar-refractivity contribution < 1.29 is 4.74 Å². The van der Waals surface area contributed by atoms with Gasteiger partial charge < -0.3 is 4.74 Å². The van der Waals surface area contributed by atoms with Crippen molar-refractivity contribution in [2.45, 2.75) is 0 Å². The van der Waals surface area contributed by atoms with Crippen LogP contribution in [0.2, 0.25) is 0 Å². The highest BCUT2D eigenvalue weighted by Crippen LogP contribution is 2.16. The van der Waals surface area contributed by atoms with E-state index in [0.29, 0.717) is 0 Å². The van der Waals surface area contributed by atoms with E-state index < -0.39 is 0 Å². The molecule has 0 aliphatic heterocycles. The number of rotatable bonds is 2. The van der Waals surface area contributed by atoms with Crippen LogP contribution in [0.1, 0.15) is 5.56 Å². The molecule has 0 aliphatic rings. The minimum absolute atomic E-state index is 0.723. The van der Waals surface area contributed by atoms with Crippen LogP contribution in [-0.4, -0.2) is 15.0 Å². The van der Waals surface area contributed by atoms with Gasteiger partial charge in [-0.2, -0.15) is 0 Å². The molecule has 0 fully saturated rings. The average Bonchev–Trinajstić information content (AvgIpc) is 2.04. The molecule has 0 atom stereocenters. The van der Waals surface area contributed by atoms with Crippen LogP contribution >= 0.6 is 0 Å². The van der Waals surface area contributed by atoms with Gasteiger partial charge in [0.15, 0.2) is 0 Å². The third-order valence-corrected chi connectivity index (χ3v) is 1.47. The van der Waals surface area contributed by atoms with E-state index in [1.807, 2.05) is 12.1 Å². The quantitative estimate of drug-likeness (QED) is 0.565. The summed E-state index contributed by atoms with van der Waals surface area (Å²) in [6.07, 6.45) is 1.72. The molecule has 0 saturated heterocycles. The first-order valence-corrected chi connectivity index (χ1v) is 3.34. The second-order valence-electron chi connectivity index (χ2n) is 2.21. The van der Waals surface area contributed by atoms with Crippen molar-refractivity contribution in [3.05, 3.63) is 30.3 Å². The molecule has 0 unspecified atom stereocenters. The van der Waals surface area contributed by atoms with Crippen molar-refractivity contribution in [1.29, 1.82) is 0 Å². The lowest BCUT2D eigenvalue weighted by Gasteiger charge is -2.04. The van der Waals surface area contributed by atoms with E-state index >= 15 is 0 Å². The lowest BCUT2D eigenvalue weighted by atomic mass is 9.94. The lowest BCUT2D eigenvalue weighted by molar-refractivity contribution is 0.414. The van der Waals surface area contributed by atoms with Crippen LogP contribution in [0.25, 0.3) is 6.08 Å². The molecule has 1 nitrogen and oxygen atoms in total. The maximum Gasteiger partial charge on any atom is 0.126 e. The largest absolute Gasteiger partial charge is 0.496 e.